The van der Waals surface area contributed by atoms with Crippen molar-refractivity contribution in [1.29, 1.82) is 0 Å². The molecule has 11 nitrogen and oxygen atoms in total. The van der Waals surface area contributed by atoms with Gasteiger partial charge in [-0.25, -0.2) is 9.78 Å². The maximum Gasteiger partial charge on any atom is 0.324 e. The summed E-state index contributed by atoms with van der Waals surface area (Å²) in [4.78, 5) is 22.2. The summed E-state index contributed by atoms with van der Waals surface area (Å²) in [6, 6.07) is 3.53. The second-order valence-electron chi connectivity index (χ2n) is 8.64. The number of hydrogen-bond acceptors (Lipinski definition) is 7. The van der Waals surface area contributed by atoms with E-state index in [9.17, 15) is 9.90 Å². The van der Waals surface area contributed by atoms with Crippen LogP contribution in [-0.4, -0.2) is 88.5 Å². The Balaban J connectivity index is 1.50. The van der Waals surface area contributed by atoms with Crippen molar-refractivity contribution in [2.45, 2.75) is 31.9 Å². The number of carbonyl (C=O) groups excluding carboxylic acids is 1. The van der Waals surface area contributed by atoms with Crippen LogP contribution in [0.25, 0.3) is 22.2 Å². The highest BCUT2D eigenvalue weighted by molar-refractivity contribution is 5.98. The molecule has 0 radical (unpaired) electrons. The molecule has 34 heavy (non-hydrogen) atoms. The van der Waals surface area contributed by atoms with Gasteiger partial charge in [0.2, 0.25) is 5.95 Å². The van der Waals surface area contributed by atoms with E-state index < -0.39 is 5.60 Å². The van der Waals surface area contributed by atoms with Crippen molar-refractivity contribution in [1.82, 2.24) is 24.6 Å². The first-order chi connectivity index (χ1) is 16.4. The molecule has 2 amide bonds. The van der Waals surface area contributed by atoms with Crippen LogP contribution in [0.5, 0.6) is 5.75 Å². The number of benzene rings is 1. The minimum absolute atomic E-state index is 0.253. The molecule has 1 aliphatic rings. The molecule has 0 saturated carbocycles. The number of imidazole rings is 1. The lowest BCUT2D eigenvalue weighted by atomic mass is 9.94. The molecular formula is C23H32N6O5. The number of fused-ring (bicyclic) bond motifs is 1. The first kappa shape index (κ1) is 24.0. The fourth-order valence-electron chi connectivity index (χ4n) is 3.93. The first-order valence-corrected chi connectivity index (χ1v) is 11.3. The average molecular weight is 473 g/mol. The Bertz CT molecular complexity index is 1110. The number of aromatic amines is 1. The predicted molar refractivity (Wildman–Crippen MR) is 127 cm³/mol. The van der Waals surface area contributed by atoms with Gasteiger partial charge < -0.3 is 29.2 Å². The third-order valence-electron chi connectivity index (χ3n) is 6.02. The summed E-state index contributed by atoms with van der Waals surface area (Å²) >= 11 is 0. The Labute approximate surface area is 198 Å². The second kappa shape index (κ2) is 10.4. The summed E-state index contributed by atoms with van der Waals surface area (Å²) in [7, 11) is 3.23. The van der Waals surface area contributed by atoms with Gasteiger partial charge >= 0.3 is 6.03 Å². The van der Waals surface area contributed by atoms with E-state index >= 15 is 0 Å². The van der Waals surface area contributed by atoms with Crippen molar-refractivity contribution in [3.8, 4) is 16.9 Å². The molecule has 4 rings (SSSR count). The molecule has 0 unspecified atom stereocenters. The van der Waals surface area contributed by atoms with Crippen molar-refractivity contribution in [3.63, 3.8) is 0 Å². The van der Waals surface area contributed by atoms with Crippen molar-refractivity contribution >= 4 is 23.0 Å². The molecule has 3 heterocycles. The number of methoxy groups -OCH3 is 2. The molecule has 0 aliphatic carbocycles. The molecule has 1 aliphatic heterocycles. The smallest absolute Gasteiger partial charge is 0.324 e. The third-order valence-corrected chi connectivity index (χ3v) is 6.02. The molecule has 0 bridgehead atoms. The van der Waals surface area contributed by atoms with Crippen molar-refractivity contribution in [2.75, 3.05) is 52.4 Å². The molecule has 0 atom stereocenters. The third kappa shape index (κ3) is 5.49. The van der Waals surface area contributed by atoms with Crippen LogP contribution in [0.2, 0.25) is 0 Å². The highest BCUT2D eigenvalue weighted by Gasteiger charge is 2.30. The monoisotopic (exact) mass is 472 g/mol. The van der Waals surface area contributed by atoms with Gasteiger partial charge in [-0.3, -0.25) is 10.00 Å². The van der Waals surface area contributed by atoms with Crippen LogP contribution in [0.1, 0.15) is 19.8 Å². The number of carbonyl (C=O) groups is 1. The van der Waals surface area contributed by atoms with E-state index in [0.29, 0.717) is 69.5 Å². The van der Waals surface area contributed by atoms with E-state index in [1.807, 2.05) is 23.0 Å². The predicted octanol–water partition coefficient (Wildman–Crippen LogP) is 2.48. The van der Waals surface area contributed by atoms with Gasteiger partial charge in [-0.15, -0.1) is 0 Å². The summed E-state index contributed by atoms with van der Waals surface area (Å²) < 4.78 is 17.8. The lowest BCUT2D eigenvalue weighted by Gasteiger charge is -2.35. The van der Waals surface area contributed by atoms with E-state index in [0.717, 1.165) is 16.6 Å². The van der Waals surface area contributed by atoms with Crippen LogP contribution in [0, 0.1) is 0 Å². The Morgan fingerprint density at radius 2 is 2.03 bits per heavy atom. The zero-order chi connectivity index (χ0) is 24.1. The number of hydrogen-bond donors (Lipinski definition) is 3. The van der Waals surface area contributed by atoms with Gasteiger partial charge in [0.15, 0.2) is 0 Å². The fraction of sp³-hybridized carbons (Fsp3) is 0.522. The van der Waals surface area contributed by atoms with Crippen LogP contribution in [0.3, 0.4) is 0 Å². The largest absolute Gasteiger partial charge is 0.494 e. The minimum Gasteiger partial charge on any atom is -0.494 e. The Kier molecular flexibility index (Phi) is 7.35. The van der Waals surface area contributed by atoms with Crippen molar-refractivity contribution in [2.24, 2.45) is 0 Å². The topological polar surface area (TPSA) is 127 Å². The summed E-state index contributed by atoms with van der Waals surface area (Å²) in [6.45, 7) is 5.04. The fourth-order valence-corrected chi connectivity index (χ4v) is 3.93. The summed E-state index contributed by atoms with van der Waals surface area (Å²) in [5.41, 5.74) is 2.44. The van der Waals surface area contributed by atoms with Crippen LogP contribution in [-0.2, 0) is 16.0 Å². The molecule has 1 saturated heterocycles. The number of H-pyrrole nitrogens is 1. The number of nitrogens with zero attached hydrogens (tertiary/aromatic N) is 4. The molecule has 0 spiro atoms. The lowest BCUT2D eigenvalue weighted by Crippen LogP contribution is -2.46. The maximum atomic E-state index is 12.7. The van der Waals surface area contributed by atoms with Crippen molar-refractivity contribution in [3.05, 3.63) is 24.5 Å². The number of aliphatic hydroxyl groups is 1. The van der Waals surface area contributed by atoms with E-state index in [2.05, 4.69) is 20.4 Å². The maximum absolute atomic E-state index is 12.7. The zero-order valence-electron chi connectivity index (χ0n) is 19.8. The van der Waals surface area contributed by atoms with Crippen LogP contribution in [0.15, 0.2) is 24.5 Å². The number of nitrogens with one attached hydrogen (secondary N) is 2. The number of likely N-dealkylation sites (tertiary alicyclic amines) is 1. The summed E-state index contributed by atoms with van der Waals surface area (Å²) in [6.07, 6.45) is 4.81. The highest BCUT2D eigenvalue weighted by atomic mass is 16.5. The van der Waals surface area contributed by atoms with Crippen molar-refractivity contribution < 1.29 is 24.1 Å². The molecular weight excluding hydrogens is 440 g/mol. The molecule has 1 aromatic carbocycles. The zero-order valence-corrected chi connectivity index (χ0v) is 19.8. The lowest BCUT2D eigenvalue weighted by molar-refractivity contribution is 0.00569. The Hall–Kier alpha value is -3.15. The number of anilines is 1. The van der Waals surface area contributed by atoms with E-state index in [1.165, 1.54) is 0 Å². The number of amides is 2. The van der Waals surface area contributed by atoms with Gasteiger partial charge in [0.25, 0.3) is 0 Å². The number of urea groups is 1. The molecule has 11 heteroatoms. The van der Waals surface area contributed by atoms with Gasteiger partial charge in [0, 0.05) is 37.5 Å². The number of piperidine rings is 1. The SMILES string of the molecule is COCCOCCn1cc(-c2ccc(OC)c3nc(NC(=O)N4CCC(C)(O)CC4)[nH]c23)cn1. The van der Waals surface area contributed by atoms with Gasteiger partial charge in [-0.2, -0.15) is 5.10 Å². The van der Waals surface area contributed by atoms with Gasteiger partial charge in [-0.05, 0) is 31.9 Å². The molecule has 3 aromatic rings. The molecule has 1 fully saturated rings. The summed E-state index contributed by atoms with van der Waals surface area (Å²) in [5.74, 6) is 0.936. The standard InChI is InChI=1S/C23H32N6O5/c1-23(31)6-8-28(9-7-23)22(30)27-21-25-19-17(4-5-18(33-3)20(19)26-21)16-14-24-29(15-16)10-11-34-13-12-32-2/h4-5,14-15,31H,6-13H2,1-3H3,(H2,25,26,27,30). The quantitative estimate of drug-likeness (QED) is 0.408. The van der Waals surface area contributed by atoms with Gasteiger partial charge in [0.05, 0.1) is 50.8 Å². The molecule has 3 N–H and O–H groups in total. The Morgan fingerprint density at radius 3 is 2.76 bits per heavy atom. The normalized spacial score (nSPS) is 15.6. The minimum atomic E-state index is -0.723. The van der Waals surface area contributed by atoms with E-state index in [-0.39, 0.29) is 6.03 Å². The van der Waals surface area contributed by atoms with E-state index in [1.54, 1.807) is 32.2 Å². The average Bonchev–Trinajstić information content (AvgIpc) is 3.45. The van der Waals surface area contributed by atoms with Gasteiger partial charge in [0.1, 0.15) is 11.3 Å². The van der Waals surface area contributed by atoms with E-state index in [4.69, 9.17) is 14.2 Å². The Morgan fingerprint density at radius 1 is 1.24 bits per heavy atom. The van der Waals surface area contributed by atoms with Crippen LogP contribution < -0.4 is 10.1 Å². The number of rotatable bonds is 9. The highest BCUT2D eigenvalue weighted by Crippen LogP contribution is 2.34. The van der Waals surface area contributed by atoms with Crippen LogP contribution in [0.4, 0.5) is 10.7 Å². The number of ether oxygens (including phenoxy) is 3. The molecule has 2 aromatic heterocycles. The first-order valence-electron chi connectivity index (χ1n) is 11.3. The van der Waals surface area contributed by atoms with Gasteiger partial charge in [-0.1, -0.05) is 0 Å². The number of aromatic nitrogens is 4. The summed E-state index contributed by atoms with van der Waals surface area (Å²) in [5, 5.41) is 17.4. The molecule has 184 valence electrons. The van der Waals surface area contributed by atoms with Crippen LogP contribution >= 0.6 is 0 Å². The second-order valence-corrected chi connectivity index (χ2v) is 8.64.